The summed E-state index contributed by atoms with van der Waals surface area (Å²) < 4.78 is 2.67. The van der Waals surface area contributed by atoms with Crippen LogP contribution in [0, 0.1) is 0 Å². The van der Waals surface area contributed by atoms with Crippen LogP contribution in [0.5, 0.6) is 0 Å². The lowest BCUT2D eigenvalue weighted by atomic mass is 10.1. The number of benzene rings is 1. The fourth-order valence-electron chi connectivity index (χ4n) is 3.72. The summed E-state index contributed by atoms with van der Waals surface area (Å²) in [6.45, 7) is 7.57. The Hall–Kier alpha value is -1.28. The standard InChI is InChI=1S/C19H27BrN4O2/c1-3-5-17(23-9-8-21-11-14(25)12-23)18-22-16-7-6-13(20)10-15(16)19(26)24(18)4-2/h6-7,10,14,17,21,25H,3-5,8-9,11-12H2,1-2H3/t14?,17-/m1/s1. The Morgan fingerprint density at radius 1 is 1.42 bits per heavy atom. The van der Waals surface area contributed by atoms with Gasteiger partial charge in [-0.15, -0.1) is 0 Å². The maximum absolute atomic E-state index is 13.1. The molecule has 142 valence electrons. The second-order valence-electron chi connectivity index (χ2n) is 6.84. The van der Waals surface area contributed by atoms with Crippen LogP contribution in [0.25, 0.3) is 10.9 Å². The summed E-state index contributed by atoms with van der Waals surface area (Å²) in [6.07, 6.45) is 1.49. The molecule has 1 aliphatic rings. The Labute approximate surface area is 162 Å². The molecule has 2 atom stereocenters. The number of nitrogens with one attached hydrogen (secondary N) is 1. The van der Waals surface area contributed by atoms with Crippen LogP contribution in [0.1, 0.15) is 38.6 Å². The lowest BCUT2D eigenvalue weighted by molar-refractivity contribution is 0.0971. The predicted octanol–water partition coefficient (Wildman–Crippen LogP) is 2.29. The highest BCUT2D eigenvalue weighted by atomic mass is 79.9. The molecular weight excluding hydrogens is 396 g/mol. The van der Waals surface area contributed by atoms with E-state index in [9.17, 15) is 9.90 Å². The summed E-state index contributed by atoms with van der Waals surface area (Å²) in [4.78, 5) is 20.2. The maximum atomic E-state index is 13.1. The second kappa shape index (κ2) is 8.61. The number of nitrogens with zero attached hydrogens (tertiary/aromatic N) is 3. The van der Waals surface area contributed by atoms with E-state index in [0.29, 0.717) is 25.0 Å². The molecule has 3 rings (SSSR count). The summed E-state index contributed by atoms with van der Waals surface area (Å²) >= 11 is 3.44. The molecule has 0 aliphatic carbocycles. The Bertz CT molecular complexity index is 823. The number of hydrogen-bond donors (Lipinski definition) is 2. The van der Waals surface area contributed by atoms with Gasteiger partial charge in [0.05, 0.1) is 23.0 Å². The number of halogens is 1. The minimum absolute atomic E-state index is 0.00315. The zero-order valence-corrected chi connectivity index (χ0v) is 17.0. The molecule has 1 unspecified atom stereocenters. The SMILES string of the molecule is CCC[C@H](c1nc2ccc(Br)cc2c(=O)n1CC)N1CCNCC(O)C1. The first kappa shape index (κ1) is 19.5. The van der Waals surface area contributed by atoms with E-state index >= 15 is 0 Å². The van der Waals surface area contributed by atoms with Gasteiger partial charge in [-0.2, -0.15) is 0 Å². The molecule has 0 spiro atoms. The number of hydrogen-bond acceptors (Lipinski definition) is 5. The average Bonchev–Trinajstić information content (AvgIpc) is 2.84. The third kappa shape index (κ3) is 4.01. The molecule has 0 radical (unpaired) electrons. The summed E-state index contributed by atoms with van der Waals surface area (Å²) in [5.74, 6) is 0.809. The van der Waals surface area contributed by atoms with Crippen molar-refractivity contribution >= 4 is 26.8 Å². The monoisotopic (exact) mass is 422 g/mol. The molecule has 26 heavy (non-hydrogen) atoms. The van der Waals surface area contributed by atoms with Crippen molar-refractivity contribution in [3.8, 4) is 0 Å². The van der Waals surface area contributed by atoms with Gasteiger partial charge in [-0.1, -0.05) is 29.3 Å². The van der Waals surface area contributed by atoms with E-state index in [2.05, 4.69) is 33.1 Å². The van der Waals surface area contributed by atoms with Crippen molar-refractivity contribution in [1.82, 2.24) is 19.8 Å². The zero-order chi connectivity index (χ0) is 18.7. The van der Waals surface area contributed by atoms with Crippen molar-refractivity contribution in [2.75, 3.05) is 26.2 Å². The van der Waals surface area contributed by atoms with Gasteiger partial charge in [0.2, 0.25) is 0 Å². The topological polar surface area (TPSA) is 70.4 Å². The van der Waals surface area contributed by atoms with E-state index in [0.717, 1.165) is 41.7 Å². The number of aliphatic hydroxyl groups excluding tert-OH is 1. The highest BCUT2D eigenvalue weighted by molar-refractivity contribution is 9.10. The van der Waals surface area contributed by atoms with Crippen molar-refractivity contribution in [3.05, 3.63) is 38.9 Å². The number of fused-ring (bicyclic) bond motifs is 1. The highest BCUT2D eigenvalue weighted by Gasteiger charge is 2.28. The minimum atomic E-state index is -0.407. The third-order valence-electron chi connectivity index (χ3n) is 4.96. The molecule has 1 saturated heterocycles. The van der Waals surface area contributed by atoms with E-state index in [-0.39, 0.29) is 11.6 Å². The molecule has 1 aromatic carbocycles. The van der Waals surface area contributed by atoms with Crippen LogP contribution in [-0.4, -0.2) is 51.8 Å². The molecule has 0 saturated carbocycles. The van der Waals surface area contributed by atoms with Gasteiger partial charge in [0, 0.05) is 37.2 Å². The Morgan fingerprint density at radius 3 is 2.96 bits per heavy atom. The van der Waals surface area contributed by atoms with Crippen molar-refractivity contribution in [1.29, 1.82) is 0 Å². The number of aliphatic hydroxyl groups is 1. The molecule has 2 heterocycles. The van der Waals surface area contributed by atoms with Crippen molar-refractivity contribution in [3.63, 3.8) is 0 Å². The van der Waals surface area contributed by atoms with Crippen molar-refractivity contribution < 1.29 is 5.11 Å². The number of rotatable bonds is 5. The van der Waals surface area contributed by atoms with E-state index in [1.807, 2.05) is 25.1 Å². The summed E-state index contributed by atoms with van der Waals surface area (Å²) in [5, 5.41) is 14.1. The Balaban J connectivity index is 2.12. The molecule has 0 bridgehead atoms. The first-order chi connectivity index (χ1) is 12.5. The first-order valence-electron chi connectivity index (χ1n) is 9.38. The van der Waals surface area contributed by atoms with Gasteiger partial charge in [-0.3, -0.25) is 14.3 Å². The second-order valence-corrected chi connectivity index (χ2v) is 7.75. The van der Waals surface area contributed by atoms with E-state index in [1.165, 1.54) is 0 Å². The molecule has 1 aromatic heterocycles. The predicted molar refractivity (Wildman–Crippen MR) is 107 cm³/mol. The van der Waals surface area contributed by atoms with E-state index in [1.54, 1.807) is 4.57 Å². The Morgan fingerprint density at radius 2 is 2.23 bits per heavy atom. The minimum Gasteiger partial charge on any atom is -0.390 e. The van der Waals surface area contributed by atoms with Crippen LogP contribution >= 0.6 is 15.9 Å². The van der Waals surface area contributed by atoms with Crippen LogP contribution in [0.3, 0.4) is 0 Å². The Kier molecular flexibility index (Phi) is 6.45. The first-order valence-corrected chi connectivity index (χ1v) is 10.2. The molecule has 1 aliphatic heterocycles. The third-order valence-corrected chi connectivity index (χ3v) is 5.46. The molecule has 1 fully saturated rings. The molecule has 2 N–H and O–H groups in total. The van der Waals surface area contributed by atoms with Crippen molar-refractivity contribution in [2.24, 2.45) is 0 Å². The van der Waals surface area contributed by atoms with Gasteiger partial charge in [0.1, 0.15) is 5.82 Å². The van der Waals surface area contributed by atoms with E-state index < -0.39 is 6.10 Å². The number of aromatic nitrogens is 2. The fourth-order valence-corrected chi connectivity index (χ4v) is 4.08. The van der Waals surface area contributed by atoms with Gasteiger partial charge in [0.25, 0.3) is 5.56 Å². The maximum Gasteiger partial charge on any atom is 0.261 e. The lowest BCUT2D eigenvalue weighted by Crippen LogP contribution is -2.39. The van der Waals surface area contributed by atoms with Crippen LogP contribution in [0.15, 0.2) is 27.5 Å². The molecule has 2 aromatic rings. The average molecular weight is 423 g/mol. The van der Waals surface area contributed by atoms with Crippen LogP contribution in [0.4, 0.5) is 0 Å². The van der Waals surface area contributed by atoms with Gasteiger partial charge >= 0.3 is 0 Å². The van der Waals surface area contributed by atoms with Gasteiger partial charge < -0.3 is 10.4 Å². The molecule has 0 amide bonds. The molecule has 6 nitrogen and oxygen atoms in total. The quantitative estimate of drug-likeness (QED) is 0.773. The van der Waals surface area contributed by atoms with Gasteiger partial charge in [0.15, 0.2) is 0 Å². The van der Waals surface area contributed by atoms with Crippen molar-refractivity contribution in [2.45, 2.75) is 45.4 Å². The van der Waals surface area contributed by atoms with Crippen LogP contribution in [-0.2, 0) is 6.54 Å². The largest absolute Gasteiger partial charge is 0.390 e. The van der Waals surface area contributed by atoms with Crippen LogP contribution in [0.2, 0.25) is 0 Å². The normalized spacial score (nSPS) is 20.2. The molecule has 7 heteroatoms. The van der Waals surface area contributed by atoms with Gasteiger partial charge in [-0.05, 0) is 31.5 Å². The zero-order valence-electron chi connectivity index (χ0n) is 15.4. The fraction of sp³-hybridized carbons (Fsp3) is 0.579. The lowest BCUT2D eigenvalue weighted by Gasteiger charge is -2.32. The summed E-state index contributed by atoms with van der Waals surface area (Å²) in [5.41, 5.74) is 0.732. The van der Waals surface area contributed by atoms with Gasteiger partial charge in [-0.25, -0.2) is 4.98 Å². The summed E-state index contributed by atoms with van der Waals surface area (Å²) in [7, 11) is 0. The smallest absolute Gasteiger partial charge is 0.261 e. The molecular formula is C19H27BrN4O2. The van der Waals surface area contributed by atoms with E-state index in [4.69, 9.17) is 4.98 Å². The highest BCUT2D eigenvalue weighted by Crippen LogP contribution is 2.26. The number of β-amino-alcohol motifs (C(OH)–C–C–N with tert-alkyl or cyclic N) is 1. The van der Waals surface area contributed by atoms with Crippen LogP contribution < -0.4 is 10.9 Å². The summed E-state index contributed by atoms with van der Waals surface area (Å²) in [6, 6.07) is 5.68.